The first-order chi connectivity index (χ1) is 15.9. The molecule has 0 heterocycles. The lowest BCUT2D eigenvalue weighted by Crippen LogP contribution is -2.45. The third-order valence-electron chi connectivity index (χ3n) is 7.01. The summed E-state index contributed by atoms with van der Waals surface area (Å²) < 4.78 is 24.3. The predicted molar refractivity (Wildman–Crippen MR) is 132 cm³/mol. The number of nitrogens with one attached hydrogen (secondary N) is 1. The molecule has 2 unspecified atom stereocenters. The summed E-state index contributed by atoms with van der Waals surface area (Å²) in [6.45, 7) is 6.06. The van der Waals surface area contributed by atoms with Gasteiger partial charge in [0.25, 0.3) is 0 Å². The molecule has 4 nitrogen and oxygen atoms in total. The fourth-order valence-electron chi connectivity index (χ4n) is 5.37. The van der Waals surface area contributed by atoms with E-state index in [-0.39, 0.29) is 11.7 Å². The van der Waals surface area contributed by atoms with Crippen LogP contribution in [0.4, 0.5) is 4.39 Å². The van der Waals surface area contributed by atoms with Crippen LogP contribution in [0.2, 0.25) is 0 Å². The average molecular weight is 458 g/mol. The summed E-state index contributed by atoms with van der Waals surface area (Å²) in [5, 5.41) is 15.0. The summed E-state index contributed by atoms with van der Waals surface area (Å²) >= 11 is 0. The second-order valence-electron chi connectivity index (χ2n) is 9.67. The van der Waals surface area contributed by atoms with Crippen molar-refractivity contribution < 1.29 is 19.0 Å². The van der Waals surface area contributed by atoms with Crippen LogP contribution in [0.5, 0.6) is 11.5 Å². The molecule has 0 fully saturated rings. The van der Waals surface area contributed by atoms with Gasteiger partial charge in [-0.05, 0) is 98.5 Å². The molecule has 0 spiro atoms. The Kier molecular flexibility index (Phi) is 9.16. The Morgan fingerprint density at radius 3 is 2.55 bits per heavy atom. The maximum Gasteiger partial charge on any atom is 0.160 e. The van der Waals surface area contributed by atoms with E-state index in [0.29, 0.717) is 12.3 Å². The molecule has 33 heavy (non-hydrogen) atoms. The molecule has 2 atom stereocenters. The quantitative estimate of drug-likeness (QED) is 0.404. The molecule has 0 aliphatic heterocycles. The van der Waals surface area contributed by atoms with Gasteiger partial charge in [0, 0.05) is 5.92 Å². The van der Waals surface area contributed by atoms with Crippen molar-refractivity contribution in [1.82, 2.24) is 5.32 Å². The molecule has 182 valence electrons. The number of aryl methyl sites for hydroxylation is 2. The Morgan fingerprint density at radius 1 is 1.03 bits per heavy atom. The van der Waals surface area contributed by atoms with Crippen molar-refractivity contribution >= 4 is 0 Å². The Hall–Kier alpha value is -2.11. The van der Waals surface area contributed by atoms with Gasteiger partial charge in [-0.25, -0.2) is 4.39 Å². The van der Waals surface area contributed by atoms with Crippen molar-refractivity contribution in [3.05, 3.63) is 58.9 Å². The molecule has 0 amide bonds. The number of hydrogen-bond donors (Lipinski definition) is 2. The van der Waals surface area contributed by atoms with Crippen molar-refractivity contribution in [2.45, 2.75) is 70.3 Å². The van der Waals surface area contributed by atoms with Crippen molar-refractivity contribution in [3.63, 3.8) is 0 Å². The van der Waals surface area contributed by atoms with E-state index in [1.54, 1.807) is 20.3 Å². The zero-order chi connectivity index (χ0) is 23.8. The third kappa shape index (κ3) is 6.48. The Morgan fingerprint density at radius 2 is 1.82 bits per heavy atom. The summed E-state index contributed by atoms with van der Waals surface area (Å²) in [5.74, 6) is 1.71. The smallest absolute Gasteiger partial charge is 0.160 e. The Balaban J connectivity index is 1.39. The van der Waals surface area contributed by atoms with Crippen molar-refractivity contribution in [1.29, 1.82) is 0 Å². The van der Waals surface area contributed by atoms with Crippen molar-refractivity contribution in [2.75, 3.05) is 27.3 Å². The molecule has 2 aromatic rings. The van der Waals surface area contributed by atoms with E-state index in [1.807, 2.05) is 12.1 Å². The molecule has 0 saturated heterocycles. The lowest BCUT2D eigenvalue weighted by molar-refractivity contribution is -0.0241. The van der Waals surface area contributed by atoms with E-state index >= 15 is 0 Å². The fraction of sp³-hybridized carbons (Fsp3) is 0.571. The Bertz CT molecular complexity index is 901. The molecule has 1 aliphatic carbocycles. The van der Waals surface area contributed by atoms with Crippen LogP contribution in [0.25, 0.3) is 0 Å². The molecule has 0 saturated carbocycles. The molecular weight excluding hydrogens is 417 g/mol. The minimum atomic E-state index is -0.737. The van der Waals surface area contributed by atoms with Crippen LogP contribution in [0.3, 0.4) is 0 Å². The first kappa shape index (κ1) is 25.5. The van der Waals surface area contributed by atoms with Gasteiger partial charge in [-0.2, -0.15) is 0 Å². The van der Waals surface area contributed by atoms with Crippen LogP contribution in [0, 0.1) is 11.7 Å². The minimum absolute atomic E-state index is 0.0464. The summed E-state index contributed by atoms with van der Waals surface area (Å²) in [6, 6.07) is 11.2. The second-order valence-corrected chi connectivity index (χ2v) is 9.67. The Labute approximate surface area is 198 Å². The first-order valence-electron chi connectivity index (χ1n) is 12.3. The maximum atomic E-state index is 13.7. The molecule has 3 rings (SSSR count). The minimum Gasteiger partial charge on any atom is -0.493 e. The molecule has 2 N–H and O–H groups in total. The summed E-state index contributed by atoms with van der Waals surface area (Å²) in [7, 11) is 3.32. The second kappa shape index (κ2) is 11.8. The number of benzene rings is 2. The standard InChI is InChI=1S/C28H40FNO3/c1-20(2)27-24-11-10-23(29)19-22(24)13-14-28(27,31)15-17-30-16-7-5-6-8-21-9-12-25(32-3)26(18-21)33-4/h9-12,18-20,27,30-31H,5-8,13-17H2,1-4H3. The molecule has 0 radical (unpaired) electrons. The topological polar surface area (TPSA) is 50.7 Å². The molecule has 2 aromatic carbocycles. The van der Waals surface area contributed by atoms with Crippen LogP contribution in [0.15, 0.2) is 36.4 Å². The number of hydrogen-bond acceptors (Lipinski definition) is 4. The van der Waals surface area contributed by atoms with E-state index in [9.17, 15) is 9.50 Å². The van der Waals surface area contributed by atoms with Gasteiger partial charge in [0.05, 0.1) is 19.8 Å². The van der Waals surface area contributed by atoms with Crippen molar-refractivity contribution in [3.8, 4) is 11.5 Å². The summed E-state index contributed by atoms with van der Waals surface area (Å²) in [4.78, 5) is 0. The number of ether oxygens (including phenoxy) is 2. The van der Waals surface area contributed by atoms with Gasteiger partial charge in [0.15, 0.2) is 11.5 Å². The lowest BCUT2D eigenvalue weighted by Gasteiger charge is -2.44. The summed E-state index contributed by atoms with van der Waals surface area (Å²) in [5.41, 5.74) is 2.70. The van der Waals surface area contributed by atoms with Gasteiger partial charge in [0.1, 0.15) is 5.82 Å². The number of unbranched alkanes of at least 4 members (excludes halogenated alkanes) is 2. The zero-order valence-corrected chi connectivity index (χ0v) is 20.6. The molecule has 1 aliphatic rings. The largest absolute Gasteiger partial charge is 0.493 e. The molecule has 5 heteroatoms. The number of methoxy groups -OCH3 is 2. The van der Waals surface area contributed by atoms with Crippen LogP contribution in [-0.2, 0) is 12.8 Å². The van der Waals surface area contributed by atoms with Gasteiger partial charge in [-0.3, -0.25) is 0 Å². The highest BCUT2D eigenvalue weighted by molar-refractivity contribution is 5.43. The summed E-state index contributed by atoms with van der Waals surface area (Å²) in [6.07, 6.45) is 6.57. The zero-order valence-electron chi connectivity index (χ0n) is 20.6. The van der Waals surface area contributed by atoms with E-state index in [0.717, 1.165) is 74.2 Å². The maximum absolute atomic E-state index is 13.7. The van der Waals surface area contributed by atoms with Gasteiger partial charge in [-0.15, -0.1) is 0 Å². The monoisotopic (exact) mass is 457 g/mol. The van der Waals surface area contributed by atoms with Crippen molar-refractivity contribution in [2.24, 2.45) is 5.92 Å². The van der Waals surface area contributed by atoms with Crippen LogP contribution >= 0.6 is 0 Å². The number of fused-ring (bicyclic) bond motifs is 1. The van der Waals surface area contributed by atoms with E-state index in [2.05, 4.69) is 31.3 Å². The molecule has 0 bridgehead atoms. The molecular formula is C28H40FNO3. The predicted octanol–water partition coefficient (Wildman–Crippen LogP) is 5.65. The highest BCUT2D eigenvalue weighted by Crippen LogP contribution is 2.45. The van der Waals surface area contributed by atoms with E-state index < -0.39 is 5.60 Å². The van der Waals surface area contributed by atoms with E-state index in [1.165, 1.54) is 11.6 Å². The average Bonchev–Trinajstić information content (AvgIpc) is 2.80. The van der Waals surface area contributed by atoms with Crippen LogP contribution in [0.1, 0.15) is 68.6 Å². The highest BCUT2D eigenvalue weighted by Gasteiger charge is 2.42. The van der Waals surface area contributed by atoms with Gasteiger partial charge in [-0.1, -0.05) is 32.4 Å². The third-order valence-corrected chi connectivity index (χ3v) is 7.01. The number of halogens is 1. The lowest BCUT2D eigenvalue weighted by atomic mass is 9.66. The highest BCUT2D eigenvalue weighted by atomic mass is 19.1. The fourth-order valence-corrected chi connectivity index (χ4v) is 5.37. The SMILES string of the molecule is COc1ccc(CCCCCNCCC2(O)CCc3cc(F)ccc3C2C(C)C)cc1OC. The van der Waals surface area contributed by atoms with Crippen LogP contribution < -0.4 is 14.8 Å². The van der Waals surface area contributed by atoms with E-state index in [4.69, 9.17) is 9.47 Å². The number of aliphatic hydroxyl groups is 1. The first-order valence-corrected chi connectivity index (χ1v) is 12.3. The van der Waals surface area contributed by atoms with Gasteiger partial charge in [0.2, 0.25) is 0 Å². The normalized spacial score (nSPS) is 20.0. The number of rotatable bonds is 12. The molecule has 0 aromatic heterocycles. The van der Waals surface area contributed by atoms with Gasteiger partial charge < -0.3 is 19.9 Å². The van der Waals surface area contributed by atoms with Crippen LogP contribution in [-0.4, -0.2) is 38.0 Å². The van der Waals surface area contributed by atoms with Gasteiger partial charge >= 0.3 is 0 Å².